The predicted octanol–water partition coefficient (Wildman–Crippen LogP) is 4.07. The Bertz CT molecular complexity index is 789. The third-order valence-corrected chi connectivity index (χ3v) is 4.89. The molecule has 2 aromatic rings. The number of nitrogens with one attached hydrogen (secondary N) is 2. The smallest absolute Gasteiger partial charge is 0.240 e. The first-order valence-electron chi connectivity index (χ1n) is 8.10. The van der Waals surface area contributed by atoms with E-state index in [2.05, 4.69) is 10.6 Å². The zero-order valence-corrected chi connectivity index (χ0v) is 15.0. The van der Waals surface area contributed by atoms with E-state index in [1.165, 1.54) is 0 Å². The summed E-state index contributed by atoms with van der Waals surface area (Å²) in [7, 11) is 0. The van der Waals surface area contributed by atoms with Crippen molar-refractivity contribution in [1.29, 1.82) is 0 Å². The van der Waals surface area contributed by atoms with Gasteiger partial charge in [-0.25, -0.2) is 0 Å². The van der Waals surface area contributed by atoms with Crippen molar-refractivity contribution >= 4 is 40.7 Å². The Labute approximate surface area is 156 Å². The summed E-state index contributed by atoms with van der Waals surface area (Å²) < 4.78 is 0. The first kappa shape index (κ1) is 17.8. The summed E-state index contributed by atoms with van der Waals surface area (Å²) >= 11 is 11.9. The van der Waals surface area contributed by atoms with Crippen LogP contribution in [0.15, 0.2) is 48.5 Å². The van der Waals surface area contributed by atoms with Crippen LogP contribution in [0.2, 0.25) is 10.0 Å². The predicted molar refractivity (Wildman–Crippen MR) is 99.9 cm³/mol. The highest BCUT2D eigenvalue weighted by Gasteiger charge is 2.56. The molecule has 4 nitrogen and oxygen atoms in total. The zero-order chi connectivity index (χ0) is 17.9. The van der Waals surface area contributed by atoms with Gasteiger partial charge >= 0.3 is 0 Å². The fraction of sp³-hybridized carbons (Fsp3) is 0.263. The fourth-order valence-electron chi connectivity index (χ4n) is 2.65. The van der Waals surface area contributed by atoms with Crippen molar-refractivity contribution in [2.45, 2.75) is 19.3 Å². The summed E-state index contributed by atoms with van der Waals surface area (Å²) in [6.45, 7) is 0.500. The van der Waals surface area contributed by atoms with Gasteiger partial charge in [-0.05, 0) is 43.0 Å². The monoisotopic (exact) mass is 376 g/mol. The van der Waals surface area contributed by atoms with Crippen molar-refractivity contribution in [3.8, 4) is 0 Å². The van der Waals surface area contributed by atoms with Gasteiger partial charge in [0.15, 0.2) is 0 Å². The minimum atomic E-state index is -0.986. The van der Waals surface area contributed by atoms with Crippen LogP contribution in [0.25, 0.3) is 0 Å². The van der Waals surface area contributed by atoms with Gasteiger partial charge in [0.05, 0.1) is 10.7 Å². The third kappa shape index (κ3) is 4.14. The molecule has 130 valence electrons. The van der Waals surface area contributed by atoms with Crippen molar-refractivity contribution in [1.82, 2.24) is 5.32 Å². The van der Waals surface area contributed by atoms with Crippen LogP contribution in [0.4, 0.5) is 5.69 Å². The Balaban J connectivity index is 1.57. The Morgan fingerprint density at radius 3 is 2.36 bits per heavy atom. The molecule has 1 aliphatic rings. The third-order valence-electron chi connectivity index (χ3n) is 4.34. The van der Waals surface area contributed by atoms with Crippen molar-refractivity contribution in [2.24, 2.45) is 5.41 Å². The molecule has 0 atom stereocenters. The molecule has 0 heterocycles. The van der Waals surface area contributed by atoms with Crippen LogP contribution in [0.5, 0.6) is 0 Å². The van der Waals surface area contributed by atoms with Crippen LogP contribution in [0.1, 0.15) is 18.4 Å². The lowest BCUT2D eigenvalue weighted by atomic mass is 10.0. The van der Waals surface area contributed by atoms with Gasteiger partial charge in [-0.15, -0.1) is 0 Å². The van der Waals surface area contributed by atoms with Gasteiger partial charge in [-0.3, -0.25) is 9.59 Å². The molecular weight excluding hydrogens is 359 g/mol. The second-order valence-corrected chi connectivity index (χ2v) is 7.00. The summed E-state index contributed by atoms with van der Waals surface area (Å²) in [4.78, 5) is 25.0. The van der Waals surface area contributed by atoms with Gasteiger partial charge in [0.25, 0.3) is 0 Å². The van der Waals surface area contributed by atoms with Gasteiger partial charge in [-0.2, -0.15) is 0 Å². The van der Waals surface area contributed by atoms with Crippen LogP contribution in [0.3, 0.4) is 0 Å². The van der Waals surface area contributed by atoms with E-state index in [-0.39, 0.29) is 11.8 Å². The Morgan fingerprint density at radius 2 is 1.72 bits per heavy atom. The lowest BCUT2D eigenvalue weighted by Crippen LogP contribution is -2.40. The molecule has 2 aromatic carbocycles. The Hall–Kier alpha value is -2.04. The van der Waals surface area contributed by atoms with Crippen LogP contribution >= 0.6 is 23.2 Å². The zero-order valence-electron chi connectivity index (χ0n) is 13.5. The highest BCUT2D eigenvalue weighted by atomic mass is 35.5. The van der Waals surface area contributed by atoms with Crippen molar-refractivity contribution in [3.05, 3.63) is 64.1 Å². The summed E-state index contributed by atoms with van der Waals surface area (Å²) in [6, 6.07) is 14.7. The largest absolute Gasteiger partial charge is 0.355 e. The normalized spacial score (nSPS) is 14.6. The molecule has 0 bridgehead atoms. The number of carbonyl (C=O) groups excluding carboxylic acids is 2. The van der Waals surface area contributed by atoms with Crippen LogP contribution < -0.4 is 10.6 Å². The van der Waals surface area contributed by atoms with Gasteiger partial charge < -0.3 is 10.6 Å². The number of halogens is 2. The second-order valence-electron chi connectivity index (χ2n) is 6.15. The molecule has 0 spiro atoms. The quantitative estimate of drug-likeness (QED) is 0.746. The second kappa shape index (κ2) is 7.46. The molecule has 25 heavy (non-hydrogen) atoms. The van der Waals surface area contributed by atoms with E-state index in [0.29, 0.717) is 35.1 Å². The average molecular weight is 377 g/mol. The molecule has 0 saturated heterocycles. The molecule has 0 radical (unpaired) electrons. The molecule has 1 saturated carbocycles. The number of benzene rings is 2. The van der Waals surface area contributed by atoms with Crippen LogP contribution in [-0.4, -0.2) is 18.4 Å². The van der Waals surface area contributed by atoms with Crippen LogP contribution in [0, 0.1) is 5.41 Å². The minimum Gasteiger partial charge on any atom is -0.355 e. The first-order valence-corrected chi connectivity index (χ1v) is 8.86. The van der Waals surface area contributed by atoms with Crippen molar-refractivity contribution in [2.75, 3.05) is 11.9 Å². The number of hydrogen-bond acceptors (Lipinski definition) is 2. The maximum atomic E-state index is 12.5. The molecule has 0 aliphatic heterocycles. The summed E-state index contributed by atoms with van der Waals surface area (Å²) in [5.41, 5.74) is 0.615. The van der Waals surface area contributed by atoms with Gasteiger partial charge in [0.1, 0.15) is 5.41 Å². The Morgan fingerprint density at radius 1 is 1.00 bits per heavy atom. The molecule has 3 rings (SSSR count). The van der Waals surface area contributed by atoms with E-state index >= 15 is 0 Å². The van der Waals surface area contributed by atoms with E-state index in [4.69, 9.17) is 23.2 Å². The molecule has 6 heteroatoms. The highest BCUT2D eigenvalue weighted by molar-refractivity contribution is 6.36. The maximum absolute atomic E-state index is 12.5. The Kier molecular flexibility index (Phi) is 5.30. The SMILES string of the molecule is O=C(NCCc1ccccc1)C1(C(=O)Nc2ccc(Cl)cc2Cl)CC1. The van der Waals surface area contributed by atoms with Crippen molar-refractivity contribution in [3.63, 3.8) is 0 Å². The maximum Gasteiger partial charge on any atom is 0.240 e. The number of anilines is 1. The lowest BCUT2D eigenvalue weighted by molar-refractivity contribution is -0.134. The molecule has 1 fully saturated rings. The molecule has 1 aliphatic carbocycles. The van der Waals surface area contributed by atoms with E-state index in [1.807, 2.05) is 30.3 Å². The van der Waals surface area contributed by atoms with E-state index in [0.717, 1.165) is 12.0 Å². The summed E-state index contributed by atoms with van der Waals surface area (Å²) in [6.07, 6.45) is 1.82. The first-order chi connectivity index (χ1) is 12.0. The van der Waals surface area contributed by atoms with Gasteiger partial charge in [0, 0.05) is 11.6 Å². The lowest BCUT2D eigenvalue weighted by Gasteiger charge is -2.16. The fourth-order valence-corrected chi connectivity index (χ4v) is 3.11. The summed E-state index contributed by atoms with van der Waals surface area (Å²) in [5, 5.41) is 6.45. The molecule has 2 amide bonds. The van der Waals surface area contributed by atoms with Crippen molar-refractivity contribution < 1.29 is 9.59 Å². The highest BCUT2D eigenvalue weighted by Crippen LogP contribution is 2.47. The topological polar surface area (TPSA) is 58.2 Å². The van der Waals surface area contributed by atoms with E-state index in [1.54, 1.807) is 18.2 Å². The van der Waals surface area contributed by atoms with E-state index in [9.17, 15) is 9.59 Å². The molecule has 0 aromatic heterocycles. The number of carbonyl (C=O) groups is 2. The number of amides is 2. The molecular formula is C19H18Cl2N2O2. The average Bonchev–Trinajstić information content (AvgIpc) is 3.40. The van der Waals surface area contributed by atoms with Gasteiger partial charge in [0.2, 0.25) is 11.8 Å². The number of hydrogen-bond donors (Lipinski definition) is 2. The van der Waals surface area contributed by atoms with Crippen LogP contribution in [-0.2, 0) is 16.0 Å². The minimum absolute atomic E-state index is 0.231. The standard InChI is InChI=1S/C19H18Cl2N2O2/c20-14-6-7-16(15(21)12-14)23-18(25)19(9-10-19)17(24)22-11-8-13-4-2-1-3-5-13/h1-7,12H,8-11H2,(H,22,24)(H,23,25). The molecule has 2 N–H and O–H groups in total. The van der Waals surface area contributed by atoms with E-state index < -0.39 is 5.41 Å². The van der Waals surface area contributed by atoms with Gasteiger partial charge in [-0.1, -0.05) is 53.5 Å². The number of rotatable bonds is 6. The summed E-state index contributed by atoms with van der Waals surface area (Å²) in [5.74, 6) is -0.556. The molecule has 0 unspecified atom stereocenters.